The summed E-state index contributed by atoms with van der Waals surface area (Å²) in [7, 11) is 0. The highest BCUT2D eigenvalue weighted by atomic mass is 16.6. The number of ether oxygens (including phenoxy) is 2. The van der Waals surface area contributed by atoms with E-state index in [0.717, 1.165) is 11.1 Å². The Hall–Kier alpha value is -3.10. The molecule has 3 amide bonds. The van der Waals surface area contributed by atoms with Crippen molar-refractivity contribution in [2.75, 3.05) is 13.2 Å². The van der Waals surface area contributed by atoms with E-state index >= 15 is 0 Å². The van der Waals surface area contributed by atoms with Crippen molar-refractivity contribution in [3.05, 3.63) is 34.9 Å². The van der Waals surface area contributed by atoms with Crippen LogP contribution < -0.4 is 10.6 Å². The topological polar surface area (TPSA) is 114 Å². The van der Waals surface area contributed by atoms with Crippen molar-refractivity contribution in [2.45, 2.75) is 119 Å². The quantitative estimate of drug-likeness (QED) is 0.313. The minimum Gasteiger partial charge on any atom is -0.466 e. The number of rotatable bonds is 13. The van der Waals surface area contributed by atoms with E-state index in [-0.39, 0.29) is 31.4 Å². The van der Waals surface area contributed by atoms with Crippen molar-refractivity contribution in [1.29, 1.82) is 0 Å². The first-order chi connectivity index (χ1) is 18.5. The van der Waals surface area contributed by atoms with Crippen molar-refractivity contribution < 1.29 is 28.7 Å². The molecule has 0 saturated heterocycles. The van der Waals surface area contributed by atoms with Crippen LogP contribution in [-0.4, -0.2) is 59.1 Å². The number of hydrogen-bond acceptors (Lipinski definition) is 6. The van der Waals surface area contributed by atoms with Crippen LogP contribution in [0.25, 0.3) is 0 Å². The fraction of sp³-hybridized carbons (Fsp3) is 0.677. The molecule has 3 unspecified atom stereocenters. The first kappa shape index (κ1) is 34.9. The summed E-state index contributed by atoms with van der Waals surface area (Å²) in [6.45, 7) is 20.8. The summed E-state index contributed by atoms with van der Waals surface area (Å²) in [6.07, 6.45) is 0.491. The lowest BCUT2D eigenvalue weighted by Gasteiger charge is -2.45. The highest BCUT2D eigenvalue weighted by molar-refractivity contribution is 5.93. The van der Waals surface area contributed by atoms with Crippen molar-refractivity contribution in [2.24, 2.45) is 5.92 Å². The number of carbonyl (C=O) groups is 4. The number of esters is 1. The van der Waals surface area contributed by atoms with Crippen molar-refractivity contribution >= 4 is 23.9 Å². The molecule has 1 aromatic carbocycles. The molecule has 2 N–H and O–H groups in total. The maximum absolute atomic E-state index is 14.5. The van der Waals surface area contributed by atoms with Gasteiger partial charge in [0.2, 0.25) is 11.8 Å². The largest absolute Gasteiger partial charge is 0.466 e. The maximum Gasteiger partial charge on any atom is 0.408 e. The summed E-state index contributed by atoms with van der Waals surface area (Å²) >= 11 is 0. The molecule has 0 radical (unpaired) electrons. The highest BCUT2D eigenvalue weighted by Crippen LogP contribution is 2.34. The first-order valence-electron chi connectivity index (χ1n) is 14.3. The van der Waals surface area contributed by atoms with Gasteiger partial charge in [-0.1, -0.05) is 51.0 Å². The van der Waals surface area contributed by atoms with Crippen LogP contribution in [0.15, 0.2) is 18.2 Å². The summed E-state index contributed by atoms with van der Waals surface area (Å²) in [5.74, 6) is -1.43. The summed E-state index contributed by atoms with van der Waals surface area (Å²) in [4.78, 5) is 54.8. The van der Waals surface area contributed by atoms with Gasteiger partial charge in [-0.2, -0.15) is 0 Å². The van der Waals surface area contributed by atoms with Crippen molar-refractivity contribution in [3.8, 4) is 0 Å². The second-order valence-corrected chi connectivity index (χ2v) is 12.0. The maximum atomic E-state index is 14.5. The summed E-state index contributed by atoms with van der Waals surface area (Å²) < 4.78 is 10.5. The molecule has 0 aromatic heterocycles. The van der Waals surface area contributed by atoms with E-state index in [4.69, 9.17) is 9.47 Å². The number of carbonyl (C=O) groups excluding carboxylic acids is 4. The Kier molecular flexibility index (Phi) is 13.1. The molecule has 0 spiro atoms. The van der Waals surface area contributed by atoms with Crippen LogP contribution in [0.1, 0.15) is 104 Å². The summed E-state index contributed by atoms with van der Waals surface area (Å²) in [5, 5.41) is 5.65. The zero-order chi connectivity index (χ0) is 30.8. The van der Waals surface area contributed by atoms with E-state index in [1.807, 2.05) is 66.7 Å². The molecule has 0 fully saturated rings. The third-order valence-electron chi connectivity index (χ3n) is 7.07. The van der Waals surface area contributed by atoms with Crippen molar-refractivity contribution in [1.82, 2.24) is 15.5 Å². The molecular weight excluding hydrogens is 510 g/mol. The van der Waals surface area contributed by atoms with Gasteiger partial charge in [-0.25, -0.2) is 4.79 Å². The molecule has 226 valence electrons. The van der Waals surface area contributed by atoms with Gasteiger partial charge in [0, 0.05) is 12.1 Å². The molecule has 0 heterocycles. The van der Waals surface area contributed by atoms with E-state index in [2.05, 4.69) is 10.6 Å². The van der Waals surface area contributed by atoms with Gasteiger partial charge in [0.25, 0.3) is 0 Å². The molecule has 0 bridgehead atoms. The second kappa shape index (κ2) is 15.1. The zero-order valence-corrected chi connectivity index (χ0v) is 26.4. The molecular formula is C31H51N3O6. The van der Waals surface area contributed by atoms with E-state index in [9.17, 15) is 19.2 Å². The van der Waals surface area contributed by atoms with Gasteiger partial charge in [-0.15, -0.1) is 0 Å². The van der Waals surface area contributed by atoms with Crippen LogP contribution in [0, 0.1) is 19.8 Å². The molecule has 0 aliphatic heterocycles. The molecule has 0 aliphatic rings. The lowest BCUT2D eigenvalue weighted by Crippen LogP contribution is -2.60. The number of aryl methyl sites for hydroxylation is 2. The summed E-state index contributed by atoms with van der Waals surface area (Å²) in [6, 6.07) is 3.82. The van der Waals surface area contributed by atoms with Gasteiger partial charge < -0.3 is 25.0 Å². The number of benzene rings is 1. The minimum atomic E-state index is -1.00. The molecule has 40 heavy (non-hydrogen) atoms. The van der Waals surface area contributed by atoms with E-state index in [1.165, 1.54) is 0 Å². The third-order valence-corrected chi connectivity index (χ3v) is 7.07. The van der Waals surface area contributed by atoms with Gasteiger partial charge in [0.05, 0.1) is 13.0 Å². The Bertz CT molecular complexity index is 1030. The number of nitrogens with zero attached hydrogens (tertiary/aromatic N) is 1. The van der Waals surface area contributed by atoms with E-state index in [0.29, 0.717) is 18.4 Å². The third kappa shape index (κ3) is 10.1. The molecule has 1 aromatic rings. The van der Waals surface area contributed by atoms with Gasteiger partial charge in [0.15, 0.2) is 0 Å². The fourth-order valence-corrected chi connectivity index (χ4v) is 4.36. The molecule has 0 aliphatic carbocycles. The monoisotopic (exact) mass is 561 g/mol. The fourth-order valence-electron chi connectivity index (χ4n) is 4.36. The lowest BCUT2D eigenvalue weighted by atomic mass is 9.88. The Labute approximate surface area is 240 Å². The van der Waals surface area contributed by atoms with Crippen LogP contribution in [-0.2, 0) is 23.9 Å². The van der Waals surface area contributed by atoms with Gasteiger partial charge in [-0.3, -0.25) is 14.4 Å². The average Bonchev–Trinajstić information content (AvgIpc) is 2.84. The Morgan fingerprint density at radius 2 is 1.62 bits per heavy atom. The van der Waals surface area contributed by atoms with Crippen LogP contribution in [0.2, 0.25) is 0 Å². The smallest absolute Gasteiger partial charge is 0.408 e. The first-order valence-corrected chi connectivity index (χ1v) is 14.3. The molecule has 1 rings (SSSR count). The van der Waals surface area contributed by atoms with Gasteiger partial charge in [0.1, 0.15) is 17.7 Å². The average molecular weight is 562 g/mol. The minimum absolute atomic E-state index is 0.0139. The molecule has 3 atom stereocenters. The zero-order valence-electron chi connectivity index (χ0n) is 26.4. The SMILES string of the molecule is CCOC(=O)CCNC(=O)C(c1ccc(C)cc1C)N(C(=O)C(NC(=O)OC(C)(C)C)C(C)CC)C(C)(C)CC. The Morgan fingerprint density at radius 3 is 2.12 bits per heavy atom. The highest BCUT2D eigenvalue weighted by Gasteiger charge is 2.44. The van der Waals surface area contributed by atoms with Gasteiger partial charge >= 0.3 is 12.1 Å². The van der Waals surface area contributed by atoms with Crippen molar-refractivity contribution in [3.63, 3.8) is 0 Å². The normalized spacial score (nSPS) is 14.0. The van der Waals surface area contributed by atoms with Gasteiger partial charge in [-0.05, 0) is 78.9 Å². The number of hydrogen-bond donors (Lipinski definition) is 2. The Morgan fingerprint density at radius 1 is 1.00 bits per heavy atom. The van der Waals surface area contributed by atoms with Crippen LogP contribution in [0.5, 0.6) is 0 Å². The second-order valence-electron chi connectivity index (χ2n) is 12.0. The van der Waals surface area contributed by atoms with E-state index in [1.54, 1.807) is 32.6 Å². The van der Waals surface area contributed by atoms with Crippen LogP contribution in [0.3, 0.4) is 0 Å². The Balaban J connectivity index is 3.66. The molecule has 9 heteroatoms. The standard InChI is InChI=1S/C31H51N3O6/c1-12-21(5)25(33-29(38)40-30(7,8)9)28(37)34(31(10,11)13-2)26(23-16-15-20(4)19-22(23)6)27(36)32-18-17-24(35)39-14-3/h15-16,19,21,25-26H,12-14,17-18H2,1-11H3,(H,32,36)(H,33,38). The van der Waals surface area contributed by atoms with E-state index < -0.39 is 41.2 Å². The molecule has 9 nitrogen and oxygen atoms in total. The number of alkyl carbamates (subject to hydrolysis) is 1. The predicted molar refractivity (Wildman–Crippen MR) is 157 cm³/mol. The predicted octanol–water partition coefficient (Wildman–Crippen LogP) is 5.37. The lowest BCUT2D eigenvalue weighted by molar-refractivity contribution is -0.150. The summed E-state index contributed by atoms with van der Waals surface area (Å²) in [5.41, 5.74) is 1.05. The van der Waals surface area contributed by atoms with Crippen LogP contribution in [0.4, 0.5) is 4.79 Å². The molecule has 0 saturated carbocycles. The number of amides is 3. The van der Waals surface area contributed by atoms with Crippen LogP contribution >= 0.6 is 0 Å². The number of nitrogens with one attached hydrogen (secondary N) is 2.